The van der Waals surface area contributed by atoms with Crippen molar-refractivity contribution < 1.29 is 0 Å². The molecule has 0 saturated heterocycles. The third-order valence-electron chi connectivity index (χ3n) is 5.53. The molecule has 5 rings (SSSR count). The molecule has 0 saturated carbocycles. The number of benzene rings is 4. The van der Waals surface area contributed by atoms with Crippen LogP contribution >= 0.6 is 0 Å². The van der Waals surface area contributed by atoms with E-state index in [1.54, 1.807) is 0 Å². The molecule has 126 valence electrons. The summed E-state index contributed by atoms with van der Waals surface area (Å²) in [6.45, 7) is 2.23. The summed E-state index contributed by atoms with van der Waals surface area (Å²) in [5.74, 6) is 0. The van der Waals surface area contributed by atoms with E-state index in [1.165, 1.54) is 55.4 Å². The van der Waals surface area contributed by atoms with E-state index < -0.39 is 0 Å². The second-order valence-corrected chi connectivity index (χ2v) is 7.31. The molecule has 0 radical (unpaired) electrons. The Balaban J connectivity index is 1.72. The molecular formula is C26H22. The summed E-state index contributed by atoms with van der Waals surface area (Å²) < 4.78 is 0. The third-order valence-corrected chi connectivity index (χ3v) is 5.53. The molecule has 0 aliphatic heterocycles. The van der Waals surface area contributed by atoms with E-state index in [0.29, 0.717) is 0 Å². The molecule has 0 unspecified atom stereocenters. The van der Waals surface area contributed by atoms with Gasteiger partial charge in [-0.05, 0) is 74.0 Å². The summed E-state index contributed by atoms with van der Waals surface area (Å²) in [5, 5.41) is 8.04. The van der Waals surface area contributed by atoms with Gasteiger partial charge in [-0.2, -0.15) is 0 Å². The van der Waals surface area contributed by atoms with Crippen LogP contribution < -0.4 is 0 Å². The fourth-order valence-electron chi connectivity index (χ4n) is 4.19. The molecule has 0 bridgehead atoms. The maximum absolute atomic E-state index is 2.39. The second kappa shape index (κ2) is 6.14. The van der Waals surface area contributed by atoms with Crippen molar-refractivity contribution in [3.63, 3.8) is 0 Å². The zero-order valence-corrected chi connectivity index (χ0v) is 15.1. The second-order valence-electron chi connectivity index (χ2n) is 7.31. The van der Waals surface area contributed by atoms with Crippen LogP contribution in [0.1, 0.15) is 30.9 Å². The summed E-state index contributed by atoms with van der Waals surface area (Å²) in [6, 6.07) is 22.5. The van der Waals surface area contributed by atoms with Gasteiger partial charge in [0.15, 0.2) is 0 Å². The Morgan fingerprint density at radius 1 is 0.808 bits per heavy atom. The third kappa shape index (κ3) is 2.45. The molecule has 4 aromatic rings. The van der Waals surface area contributed by atoms with Gasteiger partial charge in [-0.1, -0.05) is 80.1 Å². The first-order valence-electron chi connectivity index (χ1n) is 9.58. The number of unbranched alkanes of at least 4 members (excludes halogenated alkanes) is 1. The minimum Gasteiger partial charge on any atom is -0.0843 e. The highest BCUT2D eigenvalue weighted by molar-refractivity contribution is 6.14. The molecule has 1 aliphatic rings. The van der Waals surface area contributed by atoms with Crippen LogP contribution in [0.2, 0.25) is 0 Å². The Morgan fingerprint density at radius 2 is 1.62 bits per heavy atom. The fourth-order valence-corrected chi connectivity index (χ4v) is 4.19. The van der Waals surface area contributed by atoms with Crippen molar-refractivity contribution in [3.05, 3.63) is 89.5 Å². The molecule has 0 heterocycles. The maximum atomic E-state index is 2.39. The van der Waals surface area contributed by atoms with Crippen LogP contribution in [-0.2, 0) is 6.42 Å². The summed E-state index contributed by atoms with van der Waals surface area (Å²) in [4.78, 5) is 0. The van der Waals surface area contributed by atoms with E-state index in [-0.39, 0.29) is 0 Å². The molecular weight excluding hydrogens is 312 g/mol. The van der Waals surface area contributed by atoms with Crippen molar-refractivity contribution >= 4 is 38.4 Å². The van der Waals surface area contributed by atoms with Crippen LogP contribution in [-0.4, -0.2) is 0 Å². The van der Waals surface area contributed by atoms with E-state index in [1.807, 2.05) is 0 Å². The molecule has 0 aromatic heterocycles. The zero-order chi connectivity index (χ0) is 17.5. The van der Waals surface area contributed by atoms with Crippen molar-refractivity contribution in [1.82, 2.24) is 0 Å². The summed E-state index contributed by atoms with van der Waals surface area (Å²) in [5.41, 5.74) is 4.29. The Morgan fingerprint density at radius 3 is 2.46 bits per heavy atom. The van der Waals surface area contributed by atoms with Gasteiger partial charge < -0.3 is 0 Å². The smallest absolute Gasteiger partial charge is 0.00195 e. The van der Waals surface area contributed by atoms with Gasteiger partial charge in [-0.3, -0.25) is 0 Å². The highest BCUT2D eigenvalue weighted by Crippen LogP contribution is 2.36. The standard InChI is InChI=1S/C26H22/c1-2-3-4-7-18-14-21-10-12-24-23(25(21)15-18)13-11-22-16-19-8-5-6-9-20(19)17-26(22)24/h4-13,15-17H,2-3,14H2,1H3/b7-4+. The Labute approximate surface area is 154 Å². The largest absolute Gasteiger partial charge is 0.0843 e. The lowest BCUT2D eigenvalue weighted by molar-refractivity contribution is 0.957. The van der Waals surface area contributed by atoms with Crippen LogP contribution in [0, 0.1) is 0 Å². The number of allylic oxidation sites excluding steroid dienone is 3. The topological polar surface area (TPSA) is 0 Å². The van der Waals surface area contributed by atoms with Crippen molar-refractivity contribution in [1.29, 1.82) is 0 Å². The number of hydrogen-bond acceptors (Lipinski definition) is 0. The molecule has 4 aromatic carbocycles. The monoisotopic (exact) mass is 334 g/mol. The molecule has 0 amide bonds. The predicted octanol–water partition coefficient (Wildman–Crippen LogP) is 7.44. The summed E-state index contributed by atoms with van der Waals surface area (Å²) >= 11 is 0. The van der Waals surface area contributed by atoms with E-state index in [9.17, 15) is 0 Å². The Bertz CT molecular complexity index is 1210. The molecule has 0 N–H and O–H groups in total. The lowest BCUT2D eigenvalue weighted by Gasteiger charge is -2.09. The molecule has 1 aliphatic carbocycles. The number of fused-ring (bicyclic) bond motifs is 6. The summed E-state index contributed by atoms with van der Waals surface area (Å²) in [7, 11) is 0. The van der Waals surface area contributed by atoms with Crippen LogP contribution in [0.15, 0.2) is 78.4 Å². The normalized spacial score (nSPS) is 13.8. The van der Waals surface area contributed by atoms with E-state index in [2.05, 4.69) is 85.8 Å². The molecule has 0 fully saturated rings. The fraction of sp³-hybridized carbons (Fsp3) is 0.154. The van der Waals surface area contributed by atoms with Crippen molar-refractivity contribution in [3.8, 4) is 0 Å². The van der Waals surface area contributed by atoms with Gasteiger partial charge in [0.2, 0.25) is 0 Å². The SMILES string of the molecule is CCC/C=C/C1=Cc2c(ccc3c2ccc2cc4ccccc4cc23)C1. The first kappa shape index (κ1) is 15.4. The minimum atomic E-state index is 1.06. The predicted molar refractivity (Wildman–Crippen MR) is 115 cm³/mol. The average molecular weight is 334 g/mol. The first-order valence-corrected chi connectivity index (χ1v) is 9.58. The van der Waals surface area contributed by atoms with E-state index >= 15 is 0 Å². The van der Waals surface area contributed by atoms with Gasteiger partial charge in [0.05, 0.1) is 0 Å². The van der Waals surface area contributed by atoms with Gasteiger partial charge >= 0.3 is 0 Å². The lowest BCUT2D eigenvalue weighted by Crippen LogP contribution is -1.86. The zero-order valence-electron chi connectivity index (χ0n) is 15.1. The van der Waals surface area contributed by atoms with Crippen LogP contribution in [0.25, 0.3) is 38.4 Å². The highest BCUT2D eigenvalue weighted by Gasteiger charge is 2.15. The number of hydrogen-bond donors (Lipinski definition) is 0. The van der Waals surface area contributed by atoms with Crippen LogP contribution in [0.3, 0.4) is 0 Å². The molecule has 0 atom stereocenters. The van der Waals surface area contributed by atoms with Gasteiger partial charge in [0.25, 0.3) is 0 Å². The highest BCUT2D eigenvalue weighted by atomic mass is 14.2. The van der Waals surface area contributed by atoms with Crippen LogP contribution in [0.4, 0.5) is 0 Å². The minimum absolute atomic E-state index is 1.06. The van der Waals surface area contributed by atoms with E-state index in [4.69, 9.17) is 0 Å². The van der Waals surface area contributed by atoms with Crippen molar-refractivity contribution in [2.75, 3.05) is 0 Å². The van der Waals surface area contributed by atoms with E-state index in [0.717, 1.165) is 12.8 Å². The summed E-state index contributed by atoms with van der Waals surface area (Å²) in [6.07, 6.45) is 10.4. The molecule has 26 heavy (non-hydrogen) atoms. The van der Waals surface area contributed by atoms with Gasteiger partial charge in [-0.25, -0.2) is 0 Å². The maximum Gasteiger partial charge on any atom is -0.00195 e. The molecule has 0 spiro atoms. The van der Waals surface area contributed by atoms with Crippen molar-refractivity contribution in [2.24, 2.45) is 0 Å². The Kier molecular flexibility index (Phi) is 3.64. The molecule has 0 heteroatoms. The average Bonchev–Trinajstić information content (AvgIpc) is 3.09. The van der Waals surface area contributed by atoms with Crippen molar-refractivity contribution in [2.45, 2.75) is 26.2 Å². The van der Waals surface area contributed by atoms with Gasteiger partial charge in [0, 0.05) is 0 Å². The Hall–Kier alpha value is -2.86. The van der Waals surface area contributed by atoms with Gasteiger partial charge in [-0.15, -0.1) is 0 Å². The van der Waals surface area contributed by atoms with Gasteiger partial charge in [0.1, 0.15) is 0 Å². The molecule has 0 nitrogen and oxygen atoms in total. The van der Waals surface area contributed by atoms with Crippen LogP contribution in [0.5, 0.6) is 0 Å². The number of rotatable bonds is 3. The first-order chi connectivity index (χ1) is 12.8. The quantitative estimate of drug-likeness (QED) is 0.270. The lowest BCUT2D eigenvalue weighted by atomic mass is 9.94.